The summed E-state index contributed by atoms with van der Waals surface area (Å²) in [4.78, 5) is 10.3. The molecule has 2 rings (SSSR count). The number of hydrogen-bond acceptors (Lipinski definition) is 4. The summed E-state index contributed by atoms with van der Waals surface area (Å²) in [5, 5.41) is 6.47. The number of aliphatic imine (C=N–C) groups is 1. The van der Waals surface area contributed by atoms with Crippen molar-refractivity contribution in [1.82, 2.24) is 20.5 Å². The molecule has 0 amide bonds. The first-order valence-corrected chi connectivity index (χ1v) is 9.51. The maximum atomic E-state index is 12.4. The van der Waals surface area contributed by atoms with Gasteiger partial charge in [-0.2, -0.15) is 13.2 Å². The van der Waals surface area contributed by atoms with Gasteiger partial charge < -0.3 is 15.1 Å². The molecule has 0 atom stereocenters. The molecule has 2 N–H and O–H groups in total. The van der Waals surface area contributed by atoms with Crippen LogP contribution in [0, 0.1) is 19.8 Å². The molecule has 0 unspecified atom stereocenters. The highest BCUT2D eigenvalue weighted by Gasteiger charge is 2.32. The molecule has 6 nitrogen and oxygen atoms in total. The standard InChI is InChI=1S/C18H30F3N5O.HI/c1-4-22-17(24-11-16-25-13(2)14(3)27-16)23-8-5-15-6-9-26(10-7-15)12-18(19,20)21;/h15H,4-12H2,1-3H3,(H2,22,23,24);1H. The van der Waals surface area contributed by atoms with Crippen LogP contribution in [0.2, 0.25) is 0 Å². The summed E-state index contributed by atoms with van der Waals surface area (Å²) in [6.07, 6.45) is -1.58. The van der Waals surface area contributed by atoms with Gasteiger partial charge in [0.2, 0.25) is 5.89 Å². The molecule has 1 fully saturated rings. The van der Waals surface area contributed by atoms with E-state index in [1.165, 1.54) is 4.90 Å². The van der Waals surface area contributed by atoms with E-state index in [1.807, 2.05) is 20.8 Å². The van der Waals surface area contributed by atoms with E-state index in [1.54, 1.807) is 0 Å². The molecule has 0 aromatic carbocycles. The first-order valence-electron chi connectivity index (χ1n) is 9.51. The topological polar surface area (TPSA) is 65.7 Å². The van der Waals surface area contributed by atoms with Crippen LogP contribution >= 0.6 is 24.0 Å². The predicted octanol–water partition coefficient (Wildman–Crippen LogP) is 3.63. The van der Waals surface area contributed by atoms with Crippen LogP contribution in [0.1, 0.15) is 43.5 Å². The van der Waals surface area contributed by atoms with E-state index in [0.717, 1.165) is 43.8 Å². The van der Waals surface area contributed by atoms with Crippen molar-refractivity contribution in [2.75, 3.05) is 32.7 Å². The molecule has 2 heterocycles. The van der Waals surface area contributed by atoms with Gasteiger partial charge in [-0.25, -0.2) is 9.98 Å². The van der Waals surface area contributed by atoms with Crippen molar-refractivity contribution in [3.8, 4) is 0 Å². The van der Waals surface area contributed by atoms with Gasteiger partial charge in [-0.15, -0.1) is 24.0 Å². The van der Waals surface area contributed by atoms with Crippen molar-refractivity contribution in [2.24, 2.45) is 10.9 Å². The quantitative estimate of drug-likeness (QED) is 0.329. The van der Waals surface area contributed by atoms with Crippen molar-refractivity contribution < 1.29 is 17.6 Å². The Morgan fingerprint density at radius 2 is 1.93 bits per heavy atom. The van der Waals surface area contributed by atoms with Crippen LogP contribution in [0.4, 0.5) is 13.2 Å². The molecule has 162 valence electrons. The molecule has 28 heavy (non-hydrogen) atoms. The molecule has 0 saturated carbocycles. The van der Waals surface area contributed by atoms with Gasteiger partial charge in [0.1, 0.15) is 12.3 Å². The van der Waals surface area contributed by atoms with Gasteiger partial charge in [0, 0.05) is 13.1 Å². The maximum absolute atomic E-state index is 12.4. The monoisotopic (exact) mass is 517 g/mol. The molecular formula is C18H31F3IN5O. The molecule has 1 aromatic rings. The van der Waals surface area contributed by atoms with Gasteiger partial charge in [-0.05, 0) is 59.0 Å². The van der Waals surface area contributed by atoms with Gasteiger partial charge in [0.15, 0.2) is 5.96 Å². The van der Waals surface area contributed by atoms with Crippen molar-refractivity contribution in [1.29, 1.82) is 0 Å². The number of aryl methyl sites for hydroxylation is 2. The van der Waals surface area contributed by atoms with Gasteiger partial charge >= 0.3 is 6.18 Å². The first-order chi connectivity index (χ1) is 12.8. The fourth-order valence-electron chi connectivity index (χ4n) is 3.18. The van der Waals surface area contributed by atoms with E-state index in [4.69, 9.17) is 4.42 Å². The lowest BCUT2D eigenvalue weighted by atomic mass is 9.93. The second kappa shape index (κ2) is 11.8. The smallest absolute Gasteiger partial charge is 0.401 e. The zero-order valence-corrected chi connectivity index (χ0v) is 19.1. The van der Waals surface area contributed by atoms with E-state index in [2.05, 4.69) is 20.6 Å². The van der Waals surface area contributed by atoms with E-state index in [0.29, 0.717) is 37.4 Å². The third kappa shape index (κ3) is 8.97. The number of halogens is 4. The van der Waals surface area contributed by atoms with Gasteiger partial charge in [0.25, 0.3) is 0 Å². The fraction of sp³-hybridized carbons (Fsp3) is 0.778. The SMILES string of the molecule is CCNC(=NCc1nc(C)c(C)o1)NCCC1CCN(CC(F)(F)F)CC1.I. The number of likely N-dealkylation sites (tertiary alicyclic amines) is 1. The Morgan fingerprint density at radius 1 is 1.25 bits per heavy atom. The van der Waals surface area contributed by atoms with Crippen LogP contribution in [0.25, 0.3) is 0 Å². The lowest BCUT2D eigenvalue weighted by Gasteiger charge is -2.32. The second-order valence-electron chi connectivity index (χ2n) is 6.99. The molecule has 0 spiro atoms. The summed E-state index contributed by atoms with van der Waals surface area (Å²) in [6.45, 7) is 7.84. The molecule has 0 bridgehead atoms. The zero-order chi connectivity index (χ0) is 19.9. The second-order valence-corrected chi connectivity index (χ2v) is 6.99. The number of oxazole rings is 1. The molecule has 10 heteroatoms. The predicted molar refractivity (Wildman–Crippen MR) is 114 cm³/mol. The van der Waals surface area contributed by atoms with Crippen LogP contribution in [-0.4, -0.2) is 54.7 Å². The van der Waals surface area contributed by atoms with Gasteiger partial charge in [0.05, 0.1) is 12.2 Å². The van der Waals surface area contributed by atoms with Crippen LogP contribution < -0.4 is 10.6 Å². The normalized spacial score (nSPS) is 16.7. The van der Waals surface area contributed by atoms with Crippen molar-refractivity contribution >= 4 is 29.9 Å². The molecule has 1 aromatic heterocycles. The number of aromatic nitrogens is 1. The summed E-state index contributed by atoms with van der Waals surface area (Å²) < 4.78 is 42.8. The van der Waals surface area contributed by atoms with Gasteiger partial charge in [-0.3, -0.25) is 4.90 Å². The molecular weight excluding hydrogens is 486 g/mol. The minimum atomic E-state index is -4.11. The Bertz CT molecular complexity index is 593. The Balaban J connectivity index is 0.00000392. The highest BCUT2D eigenvalue weighted by atomic mass is 127. The fourth-order valence-corrected chi connectivity index (χ4v) is 3.18. The number of guanidine groups is 1. The third-order valence-electron chi connectivity index (χ3n) is 4.74. The summed E-state index contributed by atoms with van der Waals surface area (Å²) in [7, 11) is 0. The van der Waals surface area contributed by atoms with Crippen LogP contribution in [0.3, 0.4) is 0 Å². The van der Waals surface area contributed by atoms with E-state index in [-0.39, 0.29) is 24.0 Å². The maximum Gasteiger partial charge on any atom is 0.401 e. The number of rotatable bonds is 7. The van der Waals surface area contributed by atoms with Crippen LogP contribution in [0.15, 0.2) is 9.41 Å². The number of piperidine rings is 1. The molecule has 1 aliphatic rings. The summed E-state index contributed by atoms with van der Waals surface area (Å²) >= 11 is 0. The molecule has 0 aliphatic carbocycles. The van der Waals surface area contributed by atoms with Crippen LogP contribution in [-0.2, 0) is 6.54 Å². The highest BCUT2D eigenvalue weighted by Crippen LogP contribution is 2.23. The van der Waals surface area contributed by atoms with E-state index in [9.17, 15) is 13.2 Å². The minimum absolute atomic E-state index is 0. The number of hydrogen-bond donors (Lipinski definition) is 2. The largest absolute Gasteiger partial charge is 0.444 e. The average Bonchev–Trinajstić information content (AvgIpc) is 2.91. The molecule has 1 saturated heterocycles. The van der Waals surface area contributed by atoms with Crippen molar-refractivity contribution in [3.63, 3.8) is 0 Å². The third-order valence-corrected chi connectivity index (χ3v) is 4.74. The Hall–Kier alpha value is -1.04. The zero-order valence-electron chi connectivity index (χ0n) is 16.7. The lowest BCUT2D eigenvalue weighted by Crippen LogP contribution is -2.41. The van der Waals surface area contributed by atoms with E-state index >= 15 is 0 Å². The Kier molecular flexibility index (Phi) is 10.6. The molecule has 0 radical (unpaired) electrons. The lowest BCUT2D eigenvalue weighted by molar-refractivity contribution is -0.148. The Morgan fingerprint density at radius 3 is 2.46 bits per heavy atom. The van der Waals surface area contributed by atoms with Crippen molar-refractivity contribution in [3.05, 3.63) is 17.3 Å². The highest BCUT2D eigenvalue weighted by molar-refractivity contribution is 14.0. The van der Waals surface area contributed by atoms with Crippen LogP contribution in [0.5, 0.6) is 0 Å². The Labute approximate surface area is 181 Å². The molecule has 1 aliphatic heterocycles. The average molecular weight is 517 g/mol. The summed E-state index contributed by atoms with van der Waals surface area (Å²) in [6, 6.07) is 0. The van der Waals surface area contributed by atoms with Gasteiger partial charge in [-0.1, -0.05) is 0 Å². The first kappa shape index (κ1) is 25.0. The number of nitrogens with zero attached hydrogens (tertiary/aromatic N) is 3. The number of nitrogens with one attached hydrogen (secondary N) is 2. The minimum Gasteiger partial charge on any atom is -0.444 e. The van der Waals surface area contributed by atoms with E-state index < -0.39 is 12.7 Å². The number of alkyl halides is 3. The van der Waals surface area contributed by atoms with Crippen molar-refractivity contribution in [2.45, 2.75) is 52.8 Å². The summed E-state index contributed by atoms with van der Waals surface area (Å²) in [5.41, 5.74) is 0.870. The summed E-state index contributed by atoms with van der Waals surface area (Å²) in [5.74, 6) is 2.52.